The topological polar surface area (TPSA) is 66.5 Å². The molecule has 62 valence electrons. The Morgan fingerprint density at radius 2 is 1.80 bits per heavy atom. The van der Waals surface area contributed by atoms with E-state index in [1.807, 2.05) is 0 Å². The summed E-state index contributed by atoms with van der Waals surface area (Å²) in [6.07, 6.45) is -7.39. The number of nitrogens with two attached hydrogens (primary N) is 1. The zero-order valence-electron chi connectivity index (χ0n) is 4.97. The van der Waals surface area contributed by atoms with Crippen molar-refractivity contribution in [2.45, 2.75) is 18.3 Å². The second-order valence-corrected chi connectivity index (χ2v) is 1.83. The number of rotatable bonds is 2. The summed E-state index contributed by atoms with van der Waals surface area (Å²) in [5.74, 6) is 0. The zero-order valence-corrected chi connectivity index (χ0v) is 4.97. The zero-order chi connectivity index (χ0) is 8.36. The van der Waals surface area contributed by atoms with Crippen LogP contribution < -0.4 is 5.73 Å². The van der Waals surface area contributed by atoms with Gasteiger partial charge in [0.05, 0.1) is 12.6 Å². The third kappa shape index (κ3) is 2.51. The van der Waals surface area contributed by atoms with Crippen molar-refractivity contribution in [3.05, 3.63) is 0 Å². The maximum Gasteiger partial charge on any atom is 0.415 e. The lowest BCUT2D eigenvalue weighted by atomic mass is 10.2. The highest BCUT2D eigenvalue weighted by molar-refractivity contribution is 4.76. The number of hydrogen-bond donors (Lipinski definition) is 3. The summed E-state index contributed by atoms with van der Waals surface area (Å²) in [4.78, 5) is 0. The number of hydrogen-bond acceptors (Lipinski definition) is 3. The number of halogens is 3. The summed E-state index contributed by atoms with van der Waals surface area (Å²) in [5, 5.41) is 16.3. The van der Waals surface area contributed by atoms with Gasteiger partial charge in [-0.25, -0.2) is 0 Å². The van der Waals surface area contributed by atoms with E-state index in [1.54, 1.807) is 0 Å². The lowest BCUT2D eigenvalue weighted by Crippen LogP contribution is -2.47. The highest BCUT2D eigenvalue weighted by atomic mass is 19.4. The molecule has 0 aromatic rings. The van der Waals surface area contributed by atoms with Crippen LogP contribution >= 0.6 is 0 Å². The van der Waals surface area contributed by atoms with Gasteiger partial charge in [-0.3, -0.25) is 0 Å². The monoisotopic (exact) mass is 159 g/mol. The molecule has 0 fully saturated rings. The second-order valence-electron chi connectivity index (χ2n) is 1.83. The highest BCUT2D eigenvalue weighted by Crippen LogP contribution is 2.21. The van der Waals surface area contributed by atoms with Crippen molar-refractivity contribution in [2.24, 2.45) is 5.73 Å². The van der Waals surface area contributed by atoms with Crippen molar-refractivity contribution >= 4 is 0 Å². The molecule has 0 rings (SSSR count). The van der Waals surface area contributed by atoms with Crippen molar-refractivity contribution in [3.63, 3.8) is 0 Å². The maximum atomic E-state index is 11.4. The molecule has 0 amide bonds. The van der Waals surface area contributed by atoms with Gasteiger partial charge in [0.2, 0.25) is 0 Å². The molecule has 0 saturated carbocycles. The first-order valence-electron chi connectivity index (χ1n) is 2.50. The Hall–Kier alpha value is -0.330. The van der Waals surface area contributed by atoms with Crippen molar-refractivity contribution < 1.29 is 23.4 Å². The molecule has 0 aliphatic rings. The van der Waals surface area contributed by atoms with Crippen molar-refractivity contribution in [1.29, 1.82) is 0 Å². The minimum atomic E-state index is -4.75. The predicted molar refractivity (Wildman–Crippen MR) is 27.1 cm³/mol. The molecule has 0 aliphatic heterocycles. The van der Waals surface area contributed by atoms with Crippen LogP contribution in [0.2, 0.25) is 0 Å². The van der Waals surface area contributed by atoms with E-state index in [2.05, 4.69) is 5.73 Å². The normalized spacial score (nSPS) is 18.6. The van der Waals surface area contributed by atoms with Crippen molar-refractivity contribution in [3.8, 4) is 0 Å². The molecular formula is C4H8F3NO2. The van der Waals surface area contributed by atoms with Crippen LogP contribution in [0.1, 0.15) is 0 Å². The van der Waals surface area contributed by atoms with Crippen LogP contribution in [0.15, 0.2) is 0 Å². The lowest BCUT2D eigenvalue weighted by molar-refractivity contribution is -0.211. The van der Waals surface area contributed by atoms with Crippen LogP contribution in [-0.4, -0.2) is 35.1 Å². The number of aliphatic hydroxyl groups is 2. The van der Waals surface area contributed by atoms with Gasteiger partial charge in [-0.1, -0.05) is 0 Å². The molecule has 2 atom stereocenters. The van der Waals surface area contributed by atoms with E-state index in [0.717, 1.165) is 0 Å². The van der Waals surface area contributed by atoms with Crippen LogP contribution in [0, 0.1) is 0 Å². The number of aliphatic hydroxyl groups excluding tert-OH is 2. The summed E-state index contributed by atoms with van der Waals surface area (Å²) in [6.45, 7) is -0.888. The molecule has 4 N–H and O–H groups in total. The average Bonchev–Trinajstić information content (AvgIpc) is 1.83. The largest absolute Gasteiger partial charge is 0.415 e. The van der Waals surface area contributed by atoms with Crippen molar-refractivity contribution in [1.82, 2.24) is 0 Å². The van der Waals surface area contributed by atoms with Gasteiger partial charge in [-0.15, -0.1) is 0 Å². The smallest absolute Gasteiger partial charge is 0.395 e. The van der Waals surface area contributed by atoms with E-state index >= 15 is 0 Å². The summed E-state index contributed by atoms with van der Waals surface area (Å²) >= 11 is 0. The summed E-state index contributed by atoms with van der Waals surface area (Å²) in [5.41, 5.74) is 4.68. The fraction of sp³-hybridized carbons (Fsp3) is 1.00. The van der Waals surface area contributed by atoms with E-state index in [9.17, 15) is 13.2 Å². The second kappa shape index (κ2) is 3.18. The average molecular weight is 159 g/mol. The molecule has 0 aromatic heterocycles. The molecule has 10 heavy (non-hydrogen) atoms. The van der Waals surface area contributed by atoms with Crippen LogP contribution in [0.5, 0.6) is 0 Å². The third-order valence-electron chi connectivity index (χ3n) is 0.952. The molecular weight excluding hydrogens is 151 g/mol. The fourth-order valence-corrected chi connectivity index (χ4v) is 0.343. The molecule has 0 bridgehead atoms. The lowest BCUT2D eigenvalue weighted by Gasteiger charge is -2.18. The van der Waals surface area contributed by atoms with Crippen molar-refractivity contribution in [2.75, 3.05) is 6.61 Å². The van der Waals surface area contributed by atoms with Crippen LogP contribution in [0.4, 0.5) is 13.2 Å². The summed E-state index contributed by atoms with van der Waals surface area (Å²) < 4.78 is 34.3. The van der Waals surface area contributed by atoms with E-state index in [4.69, 9.17) is 10.2 Å². The minimum absolute atomic E-state index is 0.888. The Balaban J connectivity index is 3.94. The molecule has 6 heteroatoms. The van der Waals surface area contributed by atoms with Gasteiger partial charge in [0.1, 0.15) is 0 Å². The Morgan fingerprint density at radius 1 is 1.40 bits per heavy atom. The summed E-state index contributed by atoms with van der Waals surface area (Å²) in [6, 6.07) is -1.65. The predicted octanol–water partition coefficient (Wildman–Crippen LogP) is -0.771. The maximum absolute atomic E-state index is 11.4. The molecule has 0 aromatic carbocycles. The first-order chi connectivity index (χ1) is 4.39. The Labute approximate surface area is 55.3 Å². The van der Waals surface area contributed by atoms with E-state index < -0.39 is 24.9 Å². The highest BCUT2D eigenvalue weighted by Gasteiger charge is 2.41. The summed E-state index contributed by atoms with van der Waals surface area (Å²) in [7, 11) is 0. The van der Waals surface area contributed by atoms with Gasteiger partial charge in [-0.05, 0) is 0 Å². The van der Waals surface area contributed by atoms with E-state index in [1.165, 1.54) is 0 Å². The SMILES string of the molecule is N[C@@H](CO)[C@@H](O)C(F)(F)F. The number of alkyl halides is 3. The first-order valence-corrected chi connectivity index (χ1v) is 2.50. The fourth-order valence-electron chi connectivity index (χ4n) is 0.343. The van der Waals surface area contributed by atoms with Crippen LogP contribution in [0.25, 0.3) is 0 Å². The quantitative estimate of drug-likeness (QED) is 0.495. The van der Waals surface area contributed by atoms with Gasteiger partial charge in [-0.2, -0.15) is 13.2 Å². The molecule has 0 radical (unpaired) electrons. The molecule has 0 unspecified atom stereocenters. The van der Waals surface area contributed by atoms with Crippen LogP contribution in [0.3, 0.4) is 0 Å². The molecule has 3 nitrogen and oxygen atoms in total. The van der Waals surface area contributed by atoms with Crippen LogP contribution in [-0.2, 0) is 0 Å². The van der Waals surface area contributed by atoms with Gasteiger partial charge in [0.15, 0.2) is 6.10 Å². The standard InChI is InChI=1S/C4H8F3NO2/c5-4(6,7)3(10)2(8)1-9/h2-3,9-10H,1,8H2/t2-,3+/m0/s1. The Kier molecular flexibility index (Phi) is 3.07. The molecule has 0 spiro atoms. The molecule has 0 saturated heterocycles. The van der Waals surface area contributed by atoms with E-state index in [-0.39, 0.29) is 0 Å². The van der Waals surface area contributed by atoms with Gasteiger partial charge < -0.3 is 15.9 Å². The third-order valence-corrected chi connectivity index (χ3v) is 0.952. The molecule has 0 aliphatic carbocycles. The Morgan fingerprint density at radius 3 is 1.90 bits per heavy atom. The Bertz CT molecular complexity index is 105. The van der Waals surface area contributed by atoms with Gasteiger partial charge in [0, 0.05) is 0 Å². The molecule has 0 heterocycles. The first kappa shape index (κ1) is 9.67. The van der Waals surface area contributed by atoms with E-state index in [0.29, 0.717) is 0 Å². The van der Waals surface area contributed by atoms with Gasteiger partial charge in [0.25, 0.3) is 0 Å². The van der Waals surface area contributed by atoms with Gasteiger partial charge >= 0.3 is 6.18 Å². The minimum Gasteiger partial charge on any atom is -0.395 e.